The highest BCUT2D eigenvalue weighted by atomic mass is 31.2. The number of aromatic amines is 1. The van der Waals surface area contributed by atoms with E-state index in [2.05, 4.69) is 15.4 Å². The lowest BCUT2D eigenvalue weighted by molar-refractivity contribution is -0.231. The summed E-state index contributed by atoms with van der Waals surface area (Å²) in [5, 5.41) is 51.1. The van der Waals surface area contributed by atoms with Gasteiger partial charge in [-0.1, -0.05) is 30.3 Å². The topological polar surface area (TPSA) is 243 Å². The SMILES string of the molecule is CNC[C@H](O)[C@@H](O)[C@H](O)[C@H](O)CO.C[C@H](O[C@H]1OCCN(Cc2nn(P(=O)(O)O)c(=O)[nH]2)[C@H]1c1ccccc1)c1cc(C(F)(F)F)cc(C(F)(F)F)c1. The van der Waals surface area contributed by atoms with Crippen molar-refractivity contribution in [2.45, 2.75) is 68.7 Å². The molecule has 1 aliphatic heterocycles. The summed E-state index contributed by atoms with van der Waals surface area (Å²) >= 11 is 0. The van der Waals surface area contributed by atoms with Crippen molar-refractivity contribution in [1.82, 2.24) is 24.8 Å². The summed E-state index contributed by atoms with van der Waals surface area (Å²) in [6, 6.07) is 8.87. The molecule has 2 aromatic carbocycles. The van der Waals surface area contributed by atoms with Crippen LogP contribution in [0, 0.1) is 0 Å². The van der Waals surface area contributed by atoms with Crippen LogP contribution in [0.3, 0.4) is 0 Å². The Morgan fingerprint density at radius 1 is 1.00 bits per heavy atom. The molecule has 53 heavy (non-hydrogen) atoms. The first-order valence-electron chi connectivity index (χ1n) is 15.7. The highest BCUT2D eigenvalue weighted by Gasteiger charge is 2.40. The Balaban J connectivity index is 0.000000496. The van der Waals surface area contributed by atoms with Crippen LogP contribution in [0.25, 0.3) is 0 Å². The quantitative estimate of drug-likeness (QED) is 0.0863. The molecule has 1 saturated heterocycles. The molecular formula is C30H40F6N5O11P. The number of likely N-dealkylation sites (N-methyl/N-ethyl adjacent to an activating group) is 1. The fourth-order valence-corrected chi connectivity index (χ4v) is 5.69. The lowest BCUT2D eigenvalue weighted by Crippen LogP contribution is -2.48. The van der Waals surface area contributed by atoms with Crippen molar-refractivity contribution >= 4 is 7.75 Å². The molecule has 298 valence electrons. The van der Waals surface area contributed by atoms with Gasteiger partial charge in [-0.05, 0) is 43.3 Å². The molecular weight excluding hydrogens is 751 g/mol. The summed E-state index contributed by atoms with van der Waals surface area (Å²) in [4.78, 5) is 34.5. The first-order chi connectivity index (χ1) is 24.6. The van der Waals surface area contributed by atoms with E-state index in [1.807, 2.05) is 0 Å². The number of hydrogen-bond acceptors (Lipinski definition) is 12. The van der Waals surface area contributed by atoms with Crippen molar-refractivity contribution in [1.29, 1.82) is 0 Å². The van der Waals surface area contributed by atoms with Gasteiger partial charge in [-0.15, -0.1) is 9.55 Å². The van der Waals surface area contributed by atoms with E-state index in [-0.39, 0.29) is 48.1 Å². The largest absolute Gasteiger partial charge is 0.454 e. The van der Waals surface area contributed by atoms with Gasteiger partial charge in [0.05, 0.1) is 49.1 Å². The molecule has 1 fully saturated rings. The van der Waals surface area contributed by atoms with Crippen molar-refractivity contribution < 1.29 is 75.7 Å². The Morgan fingerprint density at radius 3 is 2.06 bits per heavy atom. The second-order valence-electron chi connectivity index (χ2n) is 11.8. The summed E-state index contributed by atoms with van der Waals surface area (Å²) < 4.78 is 103. The minimum Gasteiger partial charge on any atom is -0.394 e. The zero-order chi connectivity index (χ0) is 39.9. The average molecular weight is 792 g/mol. The Morgan fingerprint density at radius 2 is 1.57 bits per heavy atom. The predicted molar refractivity (Wildman–Crippen MR) is 171 cm³/mol. The fourth-order valence-electron chi connectivity index (χ4n) is 5.18. The third kappa shape index (κ3) is 12.1. The third-order valence-corrected chi connectivity index (χ3v) is 8.62. The summed E-state index contributed by atoms with van der Waals surface area (Å²) in [7, 11) is -3.45. The van der Waals surface area contributed by atoms with Gasteiger partial charge in [0.25, 0.3) is 0 Å². The minimum atomic E-state index is -5.03. The number of hydrogen-bond donors (Lipinski definition) is 9. The van der Waals surface area contributed by atoms with E-state index < -0.39 is 86.4 Å². The summed E-state index contributed by atoms with van der Waals surface area (Å²) in [5.74, 6) is -0.101. The van der Waals surface area contributed by atoms with Gasteiger partial charge >= 0.3 is 25.8 Å². The van der Waals surface area contributed by atoms with Gasteiger partial charge in [0.2, 0.25) is 0 Å². The molecule has 0 aliphatic carbocycles. The number of nitrogens with zero attached hydrogens (tertiary/aromatic N) is 3. The molecule has 23 heteroatoms. The third-order valence-electron chi connectivity index (χ3n) is 7.86. The smallest absolute Gasteiger partial charge is 0.394 e. The van der Waals surface area contributed by atoms with Crippen molar-refractivity contribution in [2.24, 2.45) is 0 Å². The normalized spacial score (nSPS) is 20.2. The number of aromatic nitrogens is 3. The lowest BCUT2D eigenvalue weighted by Gasteiger charge is -2.41. The first kappa shape index (κ1) is 44.1. The molecule has 0 spiro atoms. The van der Waals surface area contributed by atoms with Crippen LogP contribution >= 0.6 is 7.75 Å². The summed E-state index contributed by atoms with van der Waals surface area (Å²) in [5.41, 5.74) is -3.89. The molecule has 1 aromatic heterocycles. The van der Waals surface area contributed by atoms with Crippen LogP contribution in [0.1, 0.15) is 47.1 Å². The Bertz CT molecular complexity index is 1680. The van der Waals surface area contributed by atoms with Crippen molar-refractivity contribution in [3.05, 3.63) is 87.1 Å². The second kappa shape index (κ2) is 18.4. The fraction of sp³-hybridized carbons (Fsp3) is 0.533. The van der Waals surface area contributed by atoms with Gasteiger partial charge in [-0.25, -0.2) is 9.36 Å². The molecule has 16 nitrogen and oxygen atoms in total. The van der Waals surface area contributed by atoms with Gasteiger partial charge in [0.1, 0.15) is 24.1 Å². The number of morpholine rings is 1. The van der Waals surface area contributed by atoms with E-state index in [0.29, 0.717) is 17.7 Å². The Labute approximate surface area is 297 Å². The molecule has 0 saturated carbocycles. The van der Waals surface area contributed by atoms with Crippen LogP contribution < -0.4 is 11.0 Å². The van der Waals surface area contributed by atoms with Crippen LogP contribution in [0.2, 0.25) is 0 Å². The molecule has 3 aromatic rings. The van der Waals surface area contributed by atoms with Gasteiger partial charge in [0, 0.05) is 13.1 Å². The molecule has 4 rings (SSSR count). The number of halogens is 6. The zero-order valence-corrected chi connectivity index (χ0v) is 28.9. The number of rotatable bonds is 13. The monoisotopic (exact) mass is 791 g/mol. The second-order valence-corrected chi connectivity index (χ2v) is 13.2. The molecule has 9 N–H and O–H groups in total. The number of aliphatic hydroxyl groups excluding tert-OH is 5. The molecule has 7 atom stereocenters. The number of ether oxygens (including phenoxy) is 2. The highest BCUT2D eigenvalue weighted by molar-refractivity contribution is 7.49. The van der Waals surface area contributed by atoms with Crippen LogP contribution in [0.4, 0.5) is 26.3 Å². The number of H-pyrrole nitrogens is 1. The lowest BCUT2D eigenvalue weighted by atomic mass is 10.0. The van der Waals surface area contributed by atoms with Crippen molar-refractivity contribution in [3.63, 3.8) is 0 Å². The Kier molecular flexibility index (Phi) is 15.3. The van der Waals surface area contributed by atoms with E-state index in [9.17, 15) is 50.6 Å². The van der Waals surface area contributed by atoms with E-state index >= 15 is 0 Å². The maximum atomic E-state index is 13.4. The number of nitrogens with one attached hydrogen (secondary N) is 2. The van der Waals surface area contributed by atoms with Crippen LogP contribution in [-0.4, -0.2) is 119 Å². The van der Waals surface area contributed by atoms with E-state index in [0.717, 1.165) is 0 Å². The van der Waals surface area contributed by atoms with Crippen molar-refractivity contribution in [2.75, 3.05) is 33.4 Å². The molecule has 0 amide bonds. The molecule has 2 heterocycles. The molecule has 0 bridgehead atoms. The number of benzene rings is 2. The maximum Gasteiger partial charge on any atom is 0.454 e. The number of aliphatic hydroxyl groups is 5. The zero-order valence-electron chi connectivity index (χ0n) is 28.0. The first-order valence-corrected chi connectivity index (χ1v) is 17.2. The number of alkyl halides is 6. The van der Waals surface area contributed by atoms with Gasteiger partial charge in [-0.3, -0.25) is 9.88 Å². The molecule has 1 aliphatic rings. The van der Waals surface area contributed by atoms with Crippen molar-refractivity contribution in [3.8, 4) is 0 Å². The van der Waals surface area contributed by atoms with Gasteiger partial charge < -0.3 is 50.1 Å². The predicted octanol–water partition coefficient (Wildman–Crippen LogP) is 0.869. The van der Waals surface area contributed by atoms with Gasteiger partial charge in [-0.2, -0.15) is 26.3 Å². The minimum absolute atomic E-state index is 0.00222. The molecule has 0 radical (unpaired) electrons. The maximum absolute atomic E-state index is 13.4. The Hall–Kier alpha value is -3.25. The summed E-state index contributed by atoms with van der Waals surface area (Å²) in [6.45, 7) is 0.794. The van der Waals surface area contributed by atoms with Crippen LogP contribution in [0.15, 0.2) is 53.3 Å². The van der Waals surface area contributed by atoms with E-state index in [4.69, 9.17) is 29.9 Å². The summed E-state index contributed by atoms with van der Waals surface area (Å²) in [6.07, 6.45) is -18.2. The highest BCUT2D eigenvalue weighted by Crippen LogP contribution is 2.40. The van der Waals surface area contributed by atoms with Crippen LogP contribution in [-0.2, 0) is 32.9 Å². The molecule has 0 unspecified atom stereocenters. The van der Waals surface area contributed by atoms with E-state index in [1.165, 1.54) is 6.92 Å². The van der Waals surface area contributed by atoms with E-state index in [1.54, 1.807) is 42.3 Å². The van der Waals surface area contributed by atoms with Crippen LogP contribution in [0.5, 0.6) is 0 Å². The average Bonchev–Trinajstić information content (AvgIpc) is 3.47. The van der Waals surface area contributed by atoms with Gasteiger partial charge in [0.15, 0.2) is 6.29 Å². The standard InChI is InChI=1S/C23H23F6N4O6P.C7H17NO5/c1-13(15-9-16(22(24,25)26)11-17(10-15)23(27,28)29)39-20-19(14-5-3-2-4-6-14)32(7-8-38-20)12-18-30-21(34)33(31-18)40(35,36)37;1-8-2-4(10)6(12)7(13)5(11)3-9/h2-6,9-11,13,19-20H,7-8,12H2,1H3,(H,30,31,34)(H2,35,36,37);4-13H,2-3H2,1H3/t13-,19-,20+;4-,5+,6+,7+/m00/s1.